The molecule has 1 saturated heterocycles. The van der Waals surface area contributed by atoms with Crippen molar-refractivity contribution in [1.82, 2.24) is 0 Å². The summed E-state index contributed by atoms with van der Waals surface area (Å²) in [5.41, 5.74) is 2.21. The second-order valence-corrected chi connectivity index (χ2v) is 17.4. The van der Waals surface area contributed by atoms with Gasteiger partial charge in [-0.25, -0.2) is 0 Å². The van der Waals surface area contributed by atoms with E-state index in [1.165, 1.54) is 25.4 Å². The summed E-state index contributed by atoms with van der Waals surface area (Å²) in [5.74, 6) is 2.65. The normalized spacial score (nSPS) is 31.5. The molecule has 2 heteroatoms. The third-order valence-corrected chi connectivity index (χ3v) is 16.8. The highest BCUT2D eigenvalue weighted by molar-refractivity contribution is 7.74. The molecule has 0 aromatic heterocycles. The van der Waals surface area contributed by atoms with Crippen molar-refractivity contribution in [2.24, 2.45) is 23.2 Å². The van der Waals surface area contributed by atoms with Crippen molar-refractivity contribution in [3.8, 4) is 0 Å². The van der Waals surface area contributed by atoms with E-state index in [1.807, 2.05) is 0 Å². The fourth-order valence-electron chi connectivity index (χ4n) is 6.59. The van der Waals surface area contributed by atoms with E-state index < -0.39 is 0 Å². The lowest BCUT2D eigenvalue weighted by Crippen LogP contribution is -2.62. The Morgan fingerprint density at radius 2 is 1.41 bits per heavy atom. The Morgan fingerprint density at radius 1 is 0.875 bits per heavy atom. The van der Waals surface area contributed by atoms with Crippen LogP contribution >= 0.6 is 15.8 Å². The van der Waals surface area contributed by atoms with Gasteiger partial charge in [0.05, 0.1) is 0 Å². The van der Waals surface area contributed by atoms with E-state index >= 15 is 0 Å². The summed E-state index contributed by atoms with van der Waals surface area (Å²) in [7, 11) is -0.323. The van der Waals surface area contributed by atoms with Crippen LogP contribution in [0.1, 0.15) is 67.7 Å². The Morgan fingerprint density at radius 3 is 1.91 bits per heavy atom. The molecule has 2 aliphatic rings. The van der Waals surface area contributed by atoms with Gasteiger partial charge in [0.25, 0.3) is 0 Å². The van der Waals surface area contributed by atoms with Crippen LogP contribution in [0.5, 0.6) is 0 Å². The van der Waals surface area contributed by atoms with E-state index in [2.05, 4.69) is 109 Å². The van der Waals surface area contributed by atoms with Crippen LogP contribution in [0.4, 0.5) is 0 Å². The van der Waals surface area contributed by atoms with E-state index in [0.717, 1.165) is 29.1 Å². The van der Waals surface area contributed by atoms with E-state index in [-0.39, 0.29) is 15.8 Å². The first-order chi connectivity index (χ1) is 15.1. The molecule has 2 fully saturated rings. The van der Waals surface area contributed by atoms with Crippen LogP contribution in [0.2, 0.25) is 0 Å². The highest BCUT2D eigenvalue weighted by Crippen LogP contribution is 2.81. The Balaban J connectivity index is 1.70. The molecule has 32 heavy (non-hydrogen) atoms. The largest absolute Gasteiger partial charge is 0.0927 e. The average molecular weight is 467 g/mol. The summed E-state index contributed by atoms with van der Waals surface area (Å²) >= 11 is 0. The minimum Gasteiger partial charge on any atom is -0.0927 e. The number of hydrogen-bond donors (Lipinski definition) is 0. The van der Waals surface area contributed by atoms with Crippen LogP contribution in [0.3, 0.4) is 0 Å². The third kappa shape index (κ3) is 4.37. The van der Waals surface area contributed by atoms with Crippen molar-refractivity contribution in [1.29, 1.82) is 0 Å². The Bertz CT molecular complexity index is 831. The zero-order chi connectivity index (χ0) is 23.1. The molecule has 5 atom stereocenters. The molecule has 174 valence electrons. The van der Waals surface area contributed by atoms with Gasteiger partial charge >= 0.3 is 0 Å². The summed E-state index contributed by atoms with van der Waals surface area (Å²) in [6.45, 7) is 18.0. The Kier molecular flexibility index (Phi) is 7.26. The van der Waals surface area contributed by atoms with E-state index in [9.17, 15) is 0 Å². The van der Waals surface area contributed by atoms with Crippen LogP contribution in [0.15, 0.2) is 60.7 Å². The molecule has 1 saturated carbocycles. The van der Waals surface area contributed by atoms with Gasteiger partial charge in [-0.3, -0.25) is 0 Å². The minimum absolute atomic E-state index is 0.00603. The van der Waals surface area contributed by atoms with Gasteiger partial charge in [-0.05, 0) is 77.2 Å². The molecular formula is C30H44P2. The number of hydrogen-bond acceptors (Lipinski definition) is 0. The summed E-state index contributed by atoms with van der Waals surface area (Å²) in [4.78, 5) is 0. The molecule has 4 rings (SSSR count). The molecule has 0 spiro atoms. The van der Waals surface area contributed by atoms with Crippen LogP contribution in [-0.4, -0.2) is 22.6 Å². The van der Waals surface area contributed by atoms with E-state index in [4.69, 9.17) is 0 Å². The predicted molar refractivity (Wildman–Crippen MR) is 148 cm³/mol. The molecule has 0 radical (unpaired) electrons. The molecule has 2 aromatic rings. The maximum absolute atomic E-state index is 2.62. The molecule has 1 aliphatic carbocycles. The molecule has 1 aliphatic heterocycles. The van der Waals surface area contributed by atoms with Crippen molar-refractivity contribution >= 4 is 26.5 Å². The lowest BCUT2D eigenvalue weighted by Gasteiger charge is -2.70. The predicted octanol–water partition coefficient (Wildman–Crippen LogP) is 8.25. The zero-order valence-electron chi connectivity index (χ0n) is 21.4. The van der Waals surface area contributed by atoms with Gasteiger partial charge in [0, 0.05) is 0 Å². The monoisotopic (exact) mass is 466 g/mol. The van der Waals surface area contributed by atoms with Gasteiger partial charge in [-0.15, -0.1) is 0 Å². The molecule has 2 aromatic carbocycles. The summed E-state index contributed by atoms with van der Waals surface area (Å²) in [6, 6.07) is 22.8. The third-order valence-electron chi connectivity index (χ3n) is 9.23. The van der Waals surface area contributed by atoms with Crippen LogP contribution in [0, 0.1) is 23.2 Å². The van der Waals surface area contributed by atoms with E-state index in [1.54, 1.807) is 10.6 Å². The second kappa shape index (κ2) is 9.51. The van der Waals surface area contributed by atoms with Gasteiger partial charge in [0.15, 0.2) is 0 Å². The van der Waals surface area contributed by atoms with Crippen LogP contribution in [-0.2, 0) is 0 Å². The topological polar surface area (TPSA) is 0 Å². The molecule has 0 nitrogen and oxygen atoms in total. The van der Waals surface area contributed by atoms with Gasteiger partial charge < -0.3 is 0 Å². The van der Waals surface area contributed by atoms with Gasteiger partial charge in [0.2, 0.25) is 0 Å². The van der Waals surface area contributed by atoms with Crippen molar-refractivity contribution < 1.29 is 0 Å². The van der Waals surface area contributed by atoms with Crippen LogP contribution in [0.25, 0.3) is 0 Å². The number of rotatable bonds is 6. The highest BCUT2D eigenvalue weighted by Gasteiger charge is 2.64. The van der Waals surface area contributed by atoms with E-state index in [0.29, 0.717) is 10.6 Å². The van der Waals surface area contributed by atoms with Crippen LogP contribution < -0.4 is 10.6 Å². The lowest BCUT2D eigenvalue weighted by atomic mass is 9.75. The van der Waals surface area contributed by atoms with Gasteiger partial charge in [0.1, 0.15) is 0 Å². The molecule has 0 N–H and O–H groups in total. The first-order valence-corrected chi connectivity index (χ1v) is 15.8. The smallest absolute Gasteiger partial charge is 0.00883 e. The lowest BCUT2D eigenvalue weighted by molar-refractivity contribution is 0.194. The maximum Gasteiger partial charge on any atom is -0.00883 e. The molecule has 1 unspecified atom stereocenters. The summed E-state index contributed by atoms with van der Waals surface area (Å²) in [6.07, 6.45) is 5.73. The van der Waals surface area contributed by atoms with Gasteiger partial charge in [-0.1, -0.05) is 123 Å². The quantitative estimate of drug-likeness (QED) is 0.376. The average Bonchev–Trinajstić information content (AvgIpc) is 2.77. The van der Waals surface area contributed by atoms with Crippen molar-refractivity contribution in [2.75, 3.05) is 6.16 Å². The molecule has 1 heterocycles. The zero-order valence-corrected chi connectivity index (χ0v) is 23.2. The Hall–Kier alpha value is -0.700. The fraction of sp³-hybridized carbons (Fsp3) is 0.600. The Labute approximate surface area is 200 Å². The standard InChI is InChI=1S/C30H44P2/c1-22(2)26-19-18-23(3)20-27(26)32-28(29(4,5)30(32,6)7)21-31(24-14-10-8-11-15-24)25-16-12-9-13-17-25/h8-17,22-23,26-28H,18-21H2,1-7H3/t23-,26+,27-,28+,32?/m1/s1. The maximum atomic E-state index is 2.62. The minimum atomic E-state index is -0.317. The molecular weight excluding hydrogens is 422 g/mol. The number of benzene rings is 2. The molecule has 0 amide bonds. The first-order valence-electron chi connectivity index (χ1n) is 12.8. The van der Waals surface area contributed by atoms with Crippen molar-refractivity contribution in [3.05, 3.63) is 60.7 Å². The van der Waals surface area contributed by atoms with Crippen molar-refractivity contribution in [3.63, 3.8) is 0 Å². The van der Waals surface area contributed by atoms with Gasteiger partial charge in [-0.2, -0.15) is 0 Å². The highest BCUT2D eigenvalue weighted by atomic mass is 31.1. The summed E-state index contributed by atoms with van der Waals surface area (Å²) < 4.78 is 0. The summed E-state index contributed by atoms with van der Waals surface area (Å²) in [5, 5.41) is 3.58. The molecule has 0 bridgehead atoms. The fourth-order valence-corrected chi connectivity index (χ4v) is 15.6. The SMILES string of the molecule is CC(C)[C@@H]1CC[C@@H](C)C[C@H]1P1[C@@H](CP(c2ccccc2)c2ccccc2)C(C)(C)C1(C)C. The first kappa shape index (κ1) is 24.4. The van der Waals surface area contributed by atoms with Crippen molar-refractivity contribution in [2.45, 2.75) is 84.2 Å². The second-order valence-electron chi connectivity index (χ2n) is 11.9.